The van der Waals surface area contributed by atoms with Crippen molar-refractivity contribution in [2.45, 2.75) is 32.7 Å². The normalized spacial score (nSPS) is 11.1. The molecule has 0 spiro atoms. The molecule has 0 aliphatic heterocycles. The summed E-state index contributed by atoms with van der Waals surface area (Å²) in [6.07, 6.45) is 4.74. The van der Waals surface area contributed by atoms with Crippen LogP contribution in [0.3, 0.4) is 0 Å². The summed E-state index contributed by atoms with van der Waals surface area (Å²) in [6.45, 7) is 2.60. The van der Waals surface area contributed by atoms with E-state index in [9.17, 15) is 4.79 Å². The number of carbonyl (C=O) groups is 1. The van der Waals surface area contributed by atoms with Crippen LogP contribution in [0.5, 0.6) is 0 Å². The Morgan fingerprint density at radius 1 is 1.11 bits per heavy atom. The second kappa shape index (κ2) is 7.58. The molecule has 0 atom stereocenters. The lowest BCUT2D eigenvalue weighted by Gasteiger charge is -2.06. The van der Waals surface area contributed by atoms with Gasteiger partial charge in [0.2, 0.25) is 0 Å². The Bertz CT molecular complexity index is 1100. The Kier molecular flexibility index (Phi) is 4.83. The van der Waals surface area contributed by atoms with Gasteiger partial charge in [0.15, 0.2) is 11.5 Å². The van der Waals surface area contributed by atoms with Crippen molar-refractivity contribution in [1.82, 2.24) is 15.3 Å². The van der Waals surface area contributed by atoms with Gasteiger partial charge in [0.1, 0.15) is 5.52 Å². The number of amides is 1. The van der Waals surface area contributed by atoms with Crippen LogP contribution in [0, 0.1) is 0 Å². The average molecular weight is 359 g/mol. The Hall–Kier alpha value is -3.21. The fourth-order valence-corrected chi connectivity index (χ4v) is 3.07. The molecule has 0 unspecified atom stereocenters. The van der Waals surface area contributed by atoms with E-state index in [2.05, 4.69) is 22.2 Å². The fourth-order valence-electron chi connectivity index (χ4n) is 3.07. The predicted molar refractivity (Wildman–Crippen MR) is 106 cm³/mol. The summed E-state index contributed by atoms with van der Waals surface area (Å²) in [5.41, 5.74) is 4.02. The van der Waals surface area contributed by atoms with Crippen LogP contribution < -0.4 is 5.32 Å². The molecule has 5 heteroatoms. The molecule has 0 saturated heterocycles. The van der Waals surface area contributed by atoms with Gasteiger partial charge in [0.25, 0.3) is 5.91 Å². The molecule has 0 bridgehead atoms. The summed E-state index contributed by atoms with van der Waals surface area (Å²) in [5.74, 6) is 0.607. The highest BCUT2D eigenvalue weighted by Gasteiger charge is 2.11. The van der Waals surface area contributed by atoms with Gasteiger partial charge in [-0.15, -0.1) is 0 Å². The maximum absolute atomic E-state index is 12.5. The molecule has 0 aliphatic rings. The first-order valence-electron chi connectivity index (χ1n) is 9.24. The highest BCUT2D eigenvalue weighted by Crippen LogP contribution is 2.19. The van der Waals surface area contributed by atoms with E-state index in [0.29, 0.717) is 12.1 Å². The maximum Gasteiger partial charge on any atom is 0.251 e. The number of oxazole rings is 1. The minimum atomic E-state index is -0.124. The molecule has 27 heavy (non-hydrogen) atoms. The van der Waals surface area contributed by atoms with E-state index < -0.39 is 0 Å². The lowest BCUT2D eigenvalue weighted by atomic mass is 10.1. The first-order valence-corrected chi connectivity index (χ1v) is 9.24. The predicted octanol–water partition coefficient (Wildman–Crippen LogP) is 4.65. The van der Waals surface area contributed by atoms with Crippen LogP contribution in [-0.4, -0.2) is 15.9 Å². The molecular formula is C22H21N3O2. The molecule has 4 aromatic rings. The van der Waals surface area contributed by atoms with Crippen LogP contribution in [0.15, 0.2) is 59.1 Å². The van der Waals surface area contributed by atoms with E-state index in [1.165, 1.54) is 0 Å². The summed E-state index contributed by atoms with van der Waals surface area (Å²) < 4.78 is 5.73. The number of hydrogen-bond donors (Lipinski definition) is 1. The van der Waals surface area contributed by atoms with Crippen molar-refractivity contribution in [2.75, 3.05) is 0 Å². The first-order chi connectivity index (χ1) is 13.2. The van der Waals surface area contributed by atoms with Crippen LogP contribution in [0.1, 0.15) is 41.6 Å². The van der Waals surface area contributed by atoms with Crippen LogP contribution in [0.2, 0.25) is 0 Å². The van der Waals surface area contributed by atoms with Gasteiger partial charge in [0, 0.05) is 30.1 Å². The number of unbranched alkanes of at least 4 members (excludes halogenated alkanes) is 1. The SMILES string of the molecule is CCCCc1nc2cc(C(=O)NCc3ccc4ncccc4c3)ccc2o1. The third kappa shape index (κ3) is 3.82. The zero-order chi connectivity index (χ0) is 18.6. The Balaban J connectivity index is 1.46. The Morgan fingerprint density at radius 2 is 2.04 bits per heavy atom. The van der Waals surface area contributed by atoms with E-state index in [4.69, 9.17) is 4.42 Å². The Morgan fingerprint density at radius 3 is 2.93 bits per heavy atom. The van der Waals surface area contributed by atoms with Crippen molar-refractivity contribution in [3.05, 3.63) is 71.7 Å². The number of nitrogens with zero attached hydrogens (tertiary/aromatic N) is 2. The molecule has 0 radical (unpaired) electrons. The van der Waals surface area contributed by atoms with Gasteiger partial charge in [0.05, 0.1) is 5.52 Å². The number of pyridine rings is 1. The molecule has 0 fully saturated rings. The molecule has 4 rings (SSSR count). The molecule has 2 heterocycles. The second-order valence-corrected chi connectivity index (χ2v) is 6.61. The molecule has 1 amide bonds. The molecule has 2 aromatic carbocycles. The minimum absolute atomic E-state index is 0.124. The topological polar surface area (TPSA) is 68.0 Å². The van der Waals surface area contributed by atoms with Crippen molar-refractivity contribution in [1.29, 1.82) is 0 Å². The number of aryl methyl sites for hydroxylation is 1. The van der Waals surface area contributed by atoms with Gasteiger partial charge in [-0.2, -0.15) is 0 Å². The lowest BCUT2D eigenvalue weighted by Crippen LogP contribution is -2.22. The molecule has 0 aliphatic carbocycles. The van der Waals surface area contributed by atoms with Crippen molar-refractivity contribution < 1.29 is 9.21 Å². The number of aromatic nitrogens is 2. The van der Waals surface area contributed by atoms with E-state index >= 15 is 0 Å². The summed E-state index contributed by atoms with van der Waals surface area (Å²) in [4.78, 5) is 21.3. The highest BCUT2D eigenvalue weighted by atomic mass is 16.3. The van der Waals surface area contributed by atoms with Crippen molar-refractivity contribution in [3.8, 4) is 0 Å². The van der Waals surface area contributed by atoms with Crippen molar-refractivity contribution in [3.63, 3.8) is 0 Å². The van der Waals surface area contributed by atoms with Crippen LogP contribution in [0.25, 0.3) is 22.0 Å². The average Bonchev–Trinajstić information content (AvgIpc) is 3.12. The number of rotatable bonds is 6. The van der Waals surface area contributed by atoms with Crippen LogP contribution in [0.4, 0.5) is 0 Å². The minimum Gasteiger partial charge on any atom is -0.441 e. The van der Waals surface area contributed by atoms with Crippen LogP contribution in [-0.2, 0) is 13.0 Å². The van der Waals surface area contributed by atoms with E-state index in [0.717, 1.165) is 52.7 Å². The van der Waals surface area contributed by atoms with E-state index in [-0.39, 0.29) is 5.91 Å². The molecule has 5 nitrogen and oxygen atoms in total. The molecule has 0 saturated carbocycles. The van der Waals surface area contributed by atoms with E-state index in [1.54, 1.807) is 18.3 Å². The smallest absolute Gasteiger partial charge is 0.251 e. The molecular weight excluding hydrogens is 338 g/mol. The zero-order valence-corrected chi connectivity index (χ0v) is 15.2. The highest BCUT2D eigenvalue weighted by molar-refractivity contribution is 5.97. The number of benzene rings is 2. The summed E-state index contributed by atoms with van der Waals surface area (Å²) in [5, 5.41) is 4.03. The molecule has 2 aromatic heterocycles. The largest absolute Gasteiger partial charge is 0.441 e. The third-order valence-corrected chi connectivity index (χ3v) is 4.56. The molecule has 136 valence electrons. The van der Waals surface area contributed by atoms with Crippen molar-refractivity contribution >= 4 is 27.9 Å². The van der Waals surface area contributed by atoms with Gasteiger partial charge in [-0.25, -0.2) is 4.98 Å². The van der Waals surface area contributed by atoms with E-state index in [1.807, 2.05) is 36.4 Å². The number of carbonyl (C=O) groups excluding carboxylic acids is 1. The number of hydrogen-bond acceptors (Lipinski definition) is 4. The standard InChI is InChI=1S/C22H21N3O2/c1-2-3-6-21-25-19-13-17(8-10-20(19)27-21)22(26)24-14-15-7-9-18-16(12-15)5-4-11-23-18/h4-5,7-13H,2-3,6,14H2,1H3,(H,24,26). The second-order valence-electron chi connectivity index (χ2n) is 6.61. The Labute approximate surface area is 157 Å². The fraction of sp³-hybridized carbons (Fsp3) is 0.227. The third-order valence-electron chi connectivity index (χ3n) is 4.56. The molecule has 1 N–H and O–H groups in total. The number of nitrogens with one attached hydrogen (secondary N) is 1. The summed E-state index contributed by atoms with van der Waals surface area (Å²) in [6, 6.07) is 15.3. The summed E-state index contributed by atoms with van der Waals surface area (Å²) >= 11 is 0. The van der Waals surface area contributed by atoms with Crippen molar-refractivity contribution in [2.24, 2.45) is 0 Å². The van der Waals surface area contributed by atoms with Gasteiger partial charge >= 0.3 is 0 Å². The first kappa shape index (κ1) is 17.2. The van der Waals surface area contributed by atoms with Gasteiger partial charge in [-0.3, -0.25) is 9.78 Å². The number of fused-ring (bicyclic) bond motifs is 2. The monoisotopic (exact) mass is 359 g/mol. The van der Waals surface area contributed by atoms with Gasteiger partial charge in [-0.1, -0.05) is 25.5 Å². The quantitative estimate of drug-likeness (QED) is 0.544. The summed E-state index contributed by atoms with van der Waals surface area (Å²) in [7, 11) is 0. The van der Waals surface area contributed by atoms with Gasteiger partial charge < -0.3 is 9.73 Å². The zero-order valence-electron chi connectivity index (χ0n) is 15.2. The lowest BCUT2D eigenvalue weighted by molar-refractivity contribution is 0.0951. The maximum atomic E-state index is 12.5. The van der Waals surface area contributed by atoms with Gasteiger partial charge in [-0.05, 0) is 48.4 Å². The van der Waals surface area contributed by atoms with Crippen LogP contribution >= 0.6 is 0 Å².